The summed E-state index contributed by atoms with van der Waals surface area (Å²) in [5, 5.41) is 11.8. The lowest BCUT2D eigenvalue weighted by atomic mass is 10.1. The third kappa shape index (κ3) is 2.46. The molecule has 2 heterocycles. The van der Waals surface area contributed by atoms with Gasteiger partial charge >= 0.3 is 0 Å². The first-order chi connectivity index (χ1) is 9.84. The van der Waals surface area contributed by atoms with Crippen LogP contribution in [-0.2, 0) is 21.9 Å². The van der Waals surface area contributed by atoms with E-state index in [0.29, 0.717) is 16.8 Å². The Morgan fingerprint density at radius 1 is 1.38 bits per heavy atom. The van der Waals surface area contributed by atoms with Crippen molar-refractivity contribution < 1.29 is 13.2 Å². The number of rotatable bonds is 2. The Morgan fingerprint density at radius 3 is 2.76 bits per heavy atom. The van der Waals surface area contributed by atoms with Gasteiger partial charge in [-0.05, 0) is 24.3 Å². The van der Waals surface area contributed by atoms with Crippen LogP contribution in [0.5, 0.6) is 0 Å². The van der Waals surface area contributed by atoms with E-state index in [1.165, 1.54) is 18.2 Å². The molecular weight excluding hydrogens is 292 g/mol. The molecule has 8 heteroatoms. The van der Waals surface area contributed by atoms with E-state index in [-0.39, 0.29) is 10.8 Å². The first kappa shape index (κ1) is 13.5. The summed E-state index contributed by atoms with van der Waals surface area (Å²) in [4.78, 5) is 12.0. The first-order valence-corrected chi connectivity index (χ1v) is 7.58. The van der Waals surface area contributed by atoms with Crippen LogP contribution in [0.25, 0.3) is 11.6 Å². The molecule has 3 N–H and O–H groups in total. The molecule has 3 rings (SSSR count). The third-order valence-electron chi connectivity index (χ3n) is 3.14. The highest BCUT2D eigenvalue weighted by Gasteiger charge is 2.25. The average molecular weight is 304 g/mol. The fourth-order valence-electron chi connectivity index (χ4n) is 2.17. The molecule has 0 atom stereocenters. The molecule has 2 aromatic rings. The van der Waals surface area contributed by atoms with Gasteiger partial charge in [0, 0.05) is 35.6 Å². The van der Waals surface area contributed by atoms with Crippen molar-refractivity contribution in [3.63, 3.8) is 0 Å². The number of hydrogen-bond donors (Lipinski definition) is 2. The van der Waals surface area contributed by atoms with Crippen molar-refractivity contribution in [2.75, 3.05) is 5.32 Å². The van der Waals surface area contributed by atoms with Crippen LogP contribution in [-0.4, -0.2) is 24.1 Å². The number of nitrogens with one attached hydrogen (secondary N) is 1. The van der Waals surface area contributed by atoms with Crippen molar-refractivity contribution in [3.8, 4) is 0 Å². The molecule has 0 bridgehead atoms. The summed E-state index contributed by atoms with van der Waals surface area (Å²) in [7, 11) is -2.05. The van der Waals surface area contributed by atoms with Gasteiger partial charge in [-0.2, -0.15) is 5.10 Å². The van der Waals surface area contributed by atoms with Crippen LogP contribution in [0.15, 0.2) is 35.5 Å². The molecule has 21 heavy (non-hydrogen) atoms. The van der Waals surface area contributed by atoms with Gasteiger partial charge in [-0.25, -0.2) is 13.6 Å². The number of carbonyl (C=O) groups excluding carboxylic acids is 1. The maximum absolute atomic E-state index is 12.0. The number of nitrogens with zero attached hydrogens (tertiary/aromatic N) is 2. The summed E-state index contributed by atoms with van der Waals surface area (Å²) in [5.74, 6) is -0.291. The number of nitrogens with two attached hydrogens (primary N) is 1. The van der Waals surface area contributed by atoms with Gasteiger partial charge in [0.15, 0.2) is 0 Å². The Hall–Kier alpha value is -2.45. The fraction of sp³-hybridized carbons (Fsp3) is 0.0769. The van der Waals surface area contributed by atoms with Gasteiger partial charge in [0.05, 0.1) is 11.1 Å². The van der Waals surface area contributed by atoms with E-state index < -0.39 is 10.0 Å². The summed E-state index contributed by atoms with van der Waals surface area (Å²) in [6, 6.07) is 4.28. The van der Waals surface area contributed by atoms with E-state index in [9.17, 15) is 13.2 Å². The number of benzene rings is 1. The minimum Gasteiger partial charge on any atom is -0.321 e. The zero-order valence-corrected chi connectivity index (χ0v) is 11.9. The SMILES string of the molecule is Cn1cc(/C=C2/C(=O)Nc3ccc(S(N)(=O)=O)cc32)cn1. The maximum Gasteiger partial charge on any atom is 0.256 e. The van der Waals surface area contributed by atoms with E-state index in [1.807, 2.05) is 0 Å². The van der Waals surface area contributed by atoms with Crippen LogP contribution >= 0.6 is 0 Å². The van der Waals surface area contributed by atoms with Crippen LogP contribution in [0, 0.1) is 0 Å². The zero-order chi connectivity index (χ0) is 15.2. The lowest BCUT2D eigenvalue weighted by Gasteiger charge is -2.02. The second kappa shape index (κ2) is 4.54. The quantitative estimate of drug-likeness (QED) is 0.790. The second-order valence-corrected chi connectivity index (χ2v) is 6.27. The lowest BCUT2D eigenvalue weighted by molar-refractivity contribution is -0.110. The predicted octanol–water partition coefficient (Wildman–Crippen LogP) is 0.560. The number of carbonyl (C=O) groups is 1. The van der Waals surface area contributed by atoms with Crippen LogP contribution < -0.4 is 10.5 Å². The van der Waals surface area contributed by atoms with Gasteiger partial charge in [-0.15, -0.1) is 0 Å². The van der Waals surface area contributed by atoms with Crippen molar-refractivity contribution in [3.05, 3.63) is 41.7 Å². The van der Waals surface area contributed by atoms with Gasteiger partial charge in [0.25, 0.3) is 5.91 Å². The van der Waals surface area contributed by atoms with Crippen molar-refractivity contribution in [2.45, 2.75) is 4.90 Å². The highest BCUT2D eigenvalue weighted by molar-refractivity contribution is 7.89. The normalized spacial score (nSPS) is 16.1. The van der Waals surface area contributed by atoms with Crippen LogP contribution in [0.1, 0.15) is 11.1 Å². The molecule has 0 fully saturated rings. The number of primary sulfonamides is 1. The van der Waals surface area contributed by atoms with Gasteiger partial charge in [-0.1, -0.05) is 0 Å². The molecule has 0 radical (unpaired) electrons. The summed E-state index contributed by atoms with van der Waals surface area (Å²) >= 11 is 0. The number of aromatic nitrogens is 2. The highest BCUT2D eigenvalue weighted by atomic mass is 32.2. The number of fused-ring (bicyclic) bond motifs is 1. The Kier molecular flexibility index (Phi) is 2.92. The Balaban J connectivity index is 2.14. The van der Waals surface area contributed by atoms with E-state index in [0.717, 1.165) is 5.56 Å². The van der Waals surface area contributed by atoms with E-state index in [1.54, 1.807) is 30.2 Å². The standard InChI is InChI=1S/C13H12N4O3S/c1-17-7-8(6-15-17)4-11-10-5-9(21(14,19)20)2-3-12(10)16-13(11)18/h2-7H,1H3,(H,16,18)(H2,14,19,20)/b11-4+. The van der Waals surface area contributed by atoms with Crippen molar-refractivity contribution >= 4 is 33.3 Å². The molecule has 0 saturated carbocycles. The molecule has 108 valence electrons. The van der Waals surface area contributed by atoms with Gasteiger partial charge < -0.3 is 5.32 Å². The smallest absolute Gasteiger partial charge is 0.256 e. The van der Waals surface area contributed by atoms with Crippen LogP contribution in [0.3, 0.4) is 0 Å². The Morgan fingerprint density at radius 2 is 2.14 bits per heavy atom. The van der Waals surface area contributed by atoms with Gasteiger partial charge in [0.1, 0.15) is 0 Å². The Labute approximate surface area is 121 Å². The average Bonchev–Trinajstić information content (AvgIpc) is 2.93. The summed E-state index contributed by atoms with van der Waals surface area (Å²) in [6.45, 7) is 0. The van der Waals surface area contributed by atoms with E-state index in [4.69, 9.17) is 5.14 Å². The number of amides is 1. The Bertz CT molecular complexity index is 881. The molecule has 7 nitrogen and oxygen atoms in total. The van der Waals surface area contributed by atoms with Crippen molar-refractivity contribution in [2.24, 2.45) is 12.2 Å². The predicted molar refractivity (Wildman–Crippen MR) is 77.5 cm³/mol. The summed E-state index contributed by atoms with van der Waals surface area (Å²) < 4.78 is 24.5. The molecule has 1 aliphatic heterocycles. The molecule has 0 spiro atoms. The van der Waals surface area contributed by atoms with Gasteiger partial charge in [0.2, 0.25) is 10.0 Å². The van der Waals surface area contributed by atoms with Crippen LogP contribution in [0.2, 0.25) is 0 Å². The summed E-state index contributed by atoms with van der Waals surface area (Å²) in [5.41, 5.74) is 2.19. The minimum atomic E-state index is -3.82. The zero-order valence-electron chi connectivity index (χ0n) is 11.1. The third-order valence-corrected chi connectivity index (χ3v) is 4.05. The number of sulfonamides is 1. The monoisotopic (exact) mass is 304 g/mol. The largest absolute Gasteiger partial charge is 0.321 e. The summed E-state index contributed by atoms with van der Waals surface area (Å²) in [6.07, 6.45) is 5.02. The second-order valence-electron chi connectivity index (χ2n) is 4.71. The number of hydrogen-bond acceptors (Lipinski definition) is 4. The molecule has 1 aliphatic rings. The highest BCUT2D eigenvalue weighted by Crippen LogP contribution is 2.34. The molecular formula is C13H12N4O3S. The van der Waals surface area contributed by atoms with Gasteiger partial charge in [-0.3, -0.25) is 9.48 Å². The molecule has 1 aromatic heterocycles. The molecule has 0 saturated heterocycles. The van der Waals surface area contributed by atoms with E-state index in [2.05, 4.69) is 10.4 Å². The van der Waals surface area contributed by atoms with Crippen LogP contribution in [0.4, 0.5) is 5.69 Å². The van der Waals surface area contributed by atoms with Crippen molar-refractivity contribution in [1.29, 1.82) is 0 Å². The van der Waals surface area contributed by atoms with E-state index >= 15 is 0 Å². The molecule has 0 unspecified atom stereocenters. The fourth-order valence-corrected chi connectivity index (χ4v) is 2.71. The molecule has 1 amide bonds. The number of anilines is 1. The first-order valence-electron chi connectivity index (χ1n) is 6.03. The number of aryl methyl sites for hydroxylation is 1. The lowest BCUT2D eigenvalue weighted by Crippen LogP contribution is -2.12. The topological polar surface area (TPSA) is 107 Å². The van der Waals surface area contributed by atoms with Crippen molar-refractivity contribution in [1.82, 2.24) is 9.78 Å². The molecule has 1 aromatic carbocycles. The minimum absolute atomic E-state index is 0.0326. The molecule has 0 aliphatic carbocycles. The maximum atomic E-state index is 12.0.